The van der Waals surface area contributed by atoms with Gasteiger partial charge in [-0.1, -0.05) is 36.3 Å². The molecular weight excluding hydrogens is 308 g/mol. The molecule has 24 heavy (non-hydrogen) atoms. The number of aryl methyl sites for hydroxylation is 3. The van der Waals surface area contributed by atoms with Crippen LogP contribution in [0.5, 0.6) is 0 Å². The van der Waals surface area contributed by atoms with Crippen LogP contribution >= 0.6 is 0 Å². The van der Waals surface area contributed by atoms with Crippen LogP contribution in [0.3, 0.4) is 0 Å². The van der Waals surface area contributed by atoms with E-state index in [4.69, 9.17) is 9.26 Å². The van der Waals surface area contributed by atoms with E-state index in [1.807, 2.05) is 31.2 Å². The van der Waals surface area contributed by atoms with Crippen LogP contribution in [-0.2, 0) is 16.0 Å². The molecule has 1 atom stereocenters. The van der Waals surface area contributed by atoms with Crippen molar-refractivity contribution in [2.75, 3.05) is 6.61 Å². The number of nitrogens with one attached hydrogen (secondary N) is 1. The highest BCUT2D eigenvalue weighted by atomic mass is 16.5. The Morgan fingerprint density at radius 1 is 1.25 bits per heavy atom. The standard InChI is InChI=1S/C18H22N2O4/c1-5-14-6-8-15(9-7-14)11(2)19-16(21)10-23-18(22)17-12(3)20-24-13(17)4/h6-9,11H,5,10H2,1-4H3,(H,19,21)/t11-/m1/s1. The number of carbonyl (C=O) groups excluding carboxylic acids is 2. The molecule has 0 unspecified atom stereocenters. The number of nitrogens with zero attached hydrogens (tertiary/aromatic N) is 1. The van der Waals surface area contributed by atoms with Crippen molar-refractivity contribution in [2.45, 2.75) is 40.2 Å². The zero-order chi connectivity index (χ0) is 17.7. The maximum atomic E-state index is 12.0. The normalized spacial score (nSPS) is 11.8. The molecule has 0 radical (unpaired) electrons. The summed E-state index contributed by atoms with van der Waals surface area (Å²) in [6.07, 6.45) is 0.971. The van der Waals surface area contributed by atoms with Crippen LogP contribution in [-0.4, -0.2) is 23.6 Å². The second kappa shape index (κ2) is 7.77. The van der Waals surface area contributed by atoms with Crippen molar-refractivity contribution in [1.82, 2.24) is 10.5 Å². The van der Waals surface area contributed by atoms with Crippen LogP contribution in [0.15, 0.2) is 28.8 Å². The van der Waals surface area contributed by atoms with Crippen molar-refractivity contribution >= 4 is 11.9 Å². The number of esters is 1. The molecular formula is C18H22N2O4. The van der Waals surface area contributed by atoms with Crippen LogP contribution < -0.4 is 5.32 Å². The van der Waals surface area contributed by atoms with Crippen LogP contribution in [0.2, 0.25) is 0 Å². The Morgan fingerprint density at radius 3 is 2.46 bits per heavy atom. The Hall–Kier alpha value is -2.63. The summed E-state index contributed by atoms with van der Waals surface area (Å²) in [5.41, 5.74) is 2.96. The van der Waals surface area contributed by atoms with Crippen LogP contribution in [0.1, 0.15) is 52.8 Å². The Morgan fingerprint density at radius 2 is 1.92 bits per heavy atom. The first-order chi connectivity index (χ1) is 11.4. The van der Waals surface area contributed by atoms with Gasteiger partial charge in [0.1, 0.15) is 11.3 Å². The Balaban J connectivity index is 1.87. The highest BCUT2D eigenvalue weighted by Crippen LogP contribution is 2.15. The topological polar surface area (TPSA) is 81.4 Å². The van der Waals surface area contributed by atoms with E-state index < -0.39 is 5.97 Å². The van der Waals surface area contributed by atoms with Crippen molar-refractivity contribution < 1.29 is 18.8 Å². The quantitative estimate of drug-likeness (QED) is 0.824. The summed E-state index contributed by atoms with van der Waals surface area (Å²) in [4.78, 5) is 23.9. The average Bonchev–Trinajstić information content (AvgIpc) is 2.91. The van der Waals surface area contributed by atoms with E-state index in [0.29, 0.717) is 11.5 Å². The third-order valence-electron chi connectivity index (χ3n) is 3.84. The summed E-state index contributed by atoms with van der Waals surface area (Å²) in [6.45, 7) is 6.90. The van der Waals surface area contributed by atoms with Crippen LogP contribution in [0.25, 0.3) is 0 Å². The van der Waals surface area contributed by atoms with Gasteiger partial charge in [-0.15, -0.1) is 0 Å². The summed E-state index contributed by atoms with van der Waals surface area (Å²) >= 11 is 0. The molecule has 0 fully saturated rings. The highest BCUT2D eigenvalue weighted by Gasteiger charge is 2.20. The predicted octanol–water partition coefficient (Wildman–Crippen LogP) is 2.89. The largest absolute Gasteiger partial charge is 0.452 e. The molecule has 1 N–H and O–H groups in total. The lowest BCUT2D eigenvalue weighted by Crippen LogP contribution is -2.31. The van der Waals surface area contributed by atoms with Crippen molar-refractivity contribution in [3.63, 3.8) is 0 Å². The van der Waals surface area contributed by atoms with Gasteiger partial charge in [-0.2, -0.15) is 0 Å². The van der Waals surface area contributed by atoms with Gasteiger partial charge in [-0.3, -0.25) is 4.79 Å². The van der Waals surface area contributed by atoms with Gasteiger partial charge in [-0.25, -0.2) is 4.79 Å². The molecule has 0 aliphatic rings. The van der Waals surface area contributed by atoms with Crippen molar-refractivity contribution in [3.8, 4) is 0 Å². The van der Waals surface area contributed by atoms with E-state index in [1.54, 1.807) is 13.8 Å². The molecule has 1 heterocycles. The molecule has 1 aromatic carbocycles. The second-order valence-electron chi connectivity index (χ2n) is 5.66. The van der Waals surface area contributed by atoms with E-state index in [2.05, 4.69) is 17.4 Å². The lowest BCUT2D eigenvalue weighted by atomic mass is 10.1. The summed E-state index contributed by atoms with van der Waals surface area (Å²) < 4.78 is 9.95. The minimum absolute atomic E-state index is 0.166. The third kappa shape index (κ3) is 4.22. The molecule has 2 aromatic rings. The maximum Gasteiger partial charge on any atom is 0.344 e. The Bertz CT molecular complexity index is 700. The number of aromatic nitrogens is 1. The van der Waals surface area contributed by atoms with Crippen molar-refractivity contribution in [2.24, 2.45) is 0 Å². The van der Waals surface area contributed by atoms with Crippen LogP contribution in [0.4, 0.5) is 0 Å². The SMILES string of the molecule is CCc1ccc([C@@H](C)NC(=O)COC(=O)c2c(C)noc2C)cc1. The molecule has 2 rings (SSSR count). The fourth-order valence-corrected chi connectivity index (χ4v) is 2.39. The van der Waals surface area contributed by atoms with E-state index in [1.165, 1.54) is 5.56 Å². The van der Waals surface area contributed by atoms with Crippen molar-refractivity contribution in [1.29, 1.82) is 0 Å². The average molecular weight is 330 g/mol. The minimum Gasteiger partial charge on any atom is -0.452 e. The fourth-order valence-electron chi connectivity index (χ4n) is 2.39. The third-order valence-corrected chi connectivity index (χ3v) is 3.84. The van der Waals surface area contributed by atoms with Gasteiger partial charge in [0, 0.05) is 0 Å². The zero-order valence-corrected chi connectivity index (χ0v) is 14.4. The number of carbonyl (C=O) groups is 2. The number of hydrogen-bond acceptors (Lipinski definition) is 5. The van der Waals surface area contributed by atoms with E-state index >= 15 is 0 Å². The molecule has 0 aliphatic heterocycles. The Kier molecular flexibility index (Phi) is 5.73. The smallest absolute Gasteiger partial charge is 0.344 e. The van der Waals surface area contributed by atoms with Gasteiger partial charge in [0.2, 0.25) is 0 Å². The molecule has 0 aliphatic carbocycles. The molecule has 0 spiro atoms. The second-order valence-corrected chi connectivity index (χ2v) is 5.66. The molecule has 128 valence electrons. The molecule has 0 saturated heterocycles. The Labute approximate surface area is 141 Å². The van der Waals surface area contributed by atoms with Gasteiger partial charge < -0.3 is 14.6 Å². The summed E-state index contributed by atoms with van der Waals surface area (Å²) in [7, 11) is 0. The number of ether oxygens (including phenoxy) is 1. The maximum absolute atomic E-state index is 12.0. The molecule has 1 aromatic heterocycles. The lowest BCUT2D eigenvalue weighted by molar-refractivity contribution is -0.124. The molecule has 1 amide bonds. The fraction of sp³-hybridized carbons (Fsp3) is 0.389. The van der Waals surface area contributed by atoms with E-state index in [-0.39, 0.29) is 24.1 Å². The first-order valence-corrected chi connectivity index (χ1v) is 7.90. The number of amides is 1. The van der Waals surface area contributed by atoms with Gasteiger partial charge >= 0.3 is 5.97 Å². The zero-order valence-electron chi connectivity index (χ0n) is 14.4. The number of hydrogen-bond donors (Lipinski definition) is 1. The predicted molar refractivity (Wildman–Crippen MR) is 88.6 cm³/mol. The first kappa shape index (κ1) is 17.7. The summed E-state index contributed by atoms with van der Waals surface area (Å²) in [5.74, 6) is -0.592. The van der Waals surface area contributed by atoms with E-state index in [0.717, 1.165) is 12.0 Å². The van der Waals surface area contributed by atoms with Crippen molar-refractivity contribution in [3.05, 3.63) is 52.4 Å². The van der Waals surface area contributed by atoms with E-state index in [9.17, 15) is 9.59 Å². The molecule has 6 nitrogen and oxygen atoms in total. The van der Waals surface area contributed by atoms with Gasteiger partial charge in [0.15, 0.2) is 6.61 Å². The minimum atomic E-state index is -0.610. The van der Waals surface area contributed by atoms with Gasteiger partial charge in [-0.05, 0) is 38.3 Å². The highest BCUT2D eigenvalue weighted by molar-refractivity contribution is 5.93. The molecule has 0 bridgehead atoms. The lowest BCUT2D eigenvalue weighted by Gasteiger charge is -2.15. The van der Waals surface area contributed by atoms with Gasteiger partial charge in [0.25, 0.3) is 5.91 Å². The molecule has 6 heteroatoms. The number of rotatable bonds is 6. The monoisotopic (exact) mass is 330 g/mol. The number of benzene rings is 1. The first-order valence-electron chi connectivity index (χ1n) is 7.90. The summed E-state index contributed by atoms with van der Waals surface area (Å²) in [5, 5.41) is 6.50. The van der Waals surface area contributed by atoms with Gasteiger partial charge in [0.05, 0.1) is 11.7 Å². The molecule has 0 saturated carbocycles. The van der Waals surface area contributed by atoms with Crippen LogP contribution in [0, 0.1) is 13.8 Å². The summed E-state index contributed by atoms with van der Waals surface area (Å²) in [6, 6.07) is 7.88.